The fraction of sp³-hybridized carbons (Fsp3) is 0.200. The lowest BCUT2D eigenvalue weighted by atomic mass is 10.0. The summed E-state index contributed by atoms with van der Waals surface area (Å²) in [6.45, 7) is 6.17. The normalized spacial score (nSPS) is 12.5. The van der Waals surface area contributed by atoms with Crippen molar-refractivity contribution in [3.63, 3.8) is 0 Å². The average molecular weight is 445 g/mol. The van der Waals surface area contributed by atoms with E-state index in [1.54, 1.807) is 31.7 Å². The Morgan fingerprint density at radius 2 is 2.15 bits per heavy atom. The van der Waals surface area contributed by atoms with E-state index in [1.165, 1.54) is 6.08 Å². The highest BCUT2D eigenvalue weighted by atomic mass is 16.5. The Kier molecular flexibility index (Phi) is 7.88. The molecule has 33 heavy (non-hydrogen) atoms. The molecule has 0 aliphatic rings. The zero-order valence-electron chi connectivity index (χ0n) is 19.3. The third-order valence-corrected chi connectivity index (χ3v) is 4.88. The van der Waals surface area contributed by atoms with Crippen molar-refractivity contribution < 1.29 is 9.53 Å². The molecule has 8 nitrogen and oxygen atoms in total. The number of aliphatic imine (C=N–C) groups is 1. The standard InChI is InChI=1S/C25H28N6O2/c1-6-17(13-22(26-2)30-23(32)8-7-11-31(3)4)19-12-20-21(16-29-25(20)28-15-19)18-9-10-27-24(14-18)33-5/h6-10,12-16H,2,11H2,1,3-5H3,(H,28,29)(H,30,32)/b8-7+,17-6+,22-13+. The number of amides is 1. The van der Waals surface area contributed by atoms with Crippen LogP contribution in [-0.4, -0.2) is 60.2 Å². The molecule has 1 amide bonds. The van der Waals surface area contributed by atoms with Crippen molar-refractivity contribution >= 4 is 29.2 Å². The van der Waals surface area contributed by atoms with Gasteiger partial charge in [0.15, 0.2) is 0 Å². The molecule has 8 heteroatoms. The number of aromatic amines is 1. The highest BCUT2D eigenvalue weighted by Crippen LogP contribution is 2.31. The zero-order chi connectivity index (χ0) is 23.8. The summed E-state index contributed by atoms with van der Waals surface area (Å²) in [7, 11) is 5.46. The molecule has 2 N–H and O–H groups in total. The molecule has 3 aromatic rings. The number of hydrogen-bond donors (Lipinski definition) is 2. The van der Waals surface area contributed by atoms with Gasteiger partial charge in [0, 0.05) is 53.8 Å². The molecular weight excluding hydrogens is 416 g/mol. The van der Waals surface area contributed by atoms with Crippen LogP contribution in [0.4, 0.5) is 0 Å². The third kappa shape index (κ3) is 6.02. The quantitative estimate of drug-likeness (QED) is 0.297. The Morgan fingerprint density at radius 1 is 1.33 bits per heavy atom. The van der Waals surface area contributed by atoms with Gasteiger partial charge in [0.25, 0.3) is 0 Å². The average Bonchev–Trinajstić information content (AvgIpc) is 3.24. The summed E-state index contributed by atoms with van der Waals surface area (Å²) >= 11 is 0. The molecule has 0 aliphatic carbocycles. The maximum absolute atomic E-state index is 12.2. The number of pyridine rings is 2. The van der Waals surface area contributed by atoms with Crippen LogP contribution in [0.3, 0.4) is 0 Å². The van der Waals surface area contributed by atoms with Crippen molar-refractivity contribution in [3.8, 4) is 17.0 Å². The number of H-pyrrole nitrogens is 1. The predicted octanol–water partition coefficient (Wildman–Crippen LogP) is 3.81. The Bertz CT molecular complexity index is 1240. The molecule has 0 saturated carbocycles. The second kappa shape index (κ2) is 11.0. The van der Waals surface area contributed by atoms with Crippen LogP contribution in [0.25, 0.3) is 27.7 Å². The first-order chi connectivity index (χ1) is 15.9. The molecule has 3 rings (SSSR count). The first-order valence-corrected chi connectivity index (χ1v) is 10.4. The van der Waals surface area contributed by atoms with E-state index in [4.69, 9.17) is 4.74 Å². The van der Waals surface area contributed by atoms with Crippen molar-refractivity contribution in [2.24, 2.45) is 4.99 Å². The molecule has 0 unspecified atom stereocenters. The number of hydrogen-bond acceptors (Lipinski definition) is 6. The van der Waals surface area contributed by atoms with Crippen molar-refractivity contribution in [1.82, 2.24) is 25.2 Å². The van der Waals surface area contributed by atoms with E-state index in [-0.39, 0.29) is 5.91 Å². The minimum atomic E-state index is -0.265. The van der Waals surface area contributed by atoms with Gasteiger partial charge in [-0.05, 0) is 57.1 Å². The van der Waals surface area contributed by atoms with Gasteiger partial charge in [-0.1, -0.05) is 12.2 Å². The number of likely N-dealkylation sites (N-methyl/N-ethyl adjacent to an activating group) is 1. The molecule has 0 saturated heterocycles. The molecule has 0 spiro atoms. The van der Waals surface area contributed by atoms with E-state index in [9.17, 15) is 4.79 Å². The summed E-state index contributed by atoms with van der Waals surface area (Å²) in [6.07, 6.45) is 12.4. The number of carbonyl (C=O) groups is 1. The Labute approximate surface area is 193 Å². The second-order valence-electron chi connectivity index (χ2n) is 7.49. The van der Waals surface area contributed by atoms with E-state index < -0.39 is 0 Å². The van der Waals surface area contributed by atoms with Gasteiger partial charge < -0.3 is 19.9 Å². The first kappa shape index (κ1) is 23.6. The fourth-order valence-electron chi connectivity index (χ4n) is 3.23. The minimum absolute atomic E-state index is 0.265. The Hall–Kier alpha value is -4.04. The number of methoxy groups -OCH3 is 1. The van der Waals surface area contributed by atoms with Gasteiger partial charge in [0.1, 0.15) is 11.5 Å². The lowest BCUT2D eigenvalue weighted by Gasteiger charge is -2.08. The zero-order valence-corrected chi connectivity index (χ0v) is 19.3. The predicted molar refractivity (Wildman–Crippen MR) is 133 cm³/mol. The van der Waals surface area contributed by atoms with E-state index in [1.807, 2.05) is 56.4 Å². The van der Waals surface area contributed by atoms with Crippen LogP contribution in [0.15, 0.2) is 71.9 Å². The van der Waals surface area contributed by atoms with Gasteiger partial charge in [-0.25, -0.2) is 15.0 Å². The van der Waals surface area contributed by atoms with Crippen LogP contribution < -0.4 is 10.1 Å². The largest absolute Gasteiger partial charge is 0.481 e. The Morgan fingerprint density at radius 3 is 2.85 bits per heavy atom. The summed E-state index contributed by atoms with van der Waals surface area (Å²) in [5.41, 5.74) is 4.45. The number of fused-ring (bicyclic) bond motifs is 1. The van der Waals surface area contributed by atoms with Crippen LogP contribution in [-0.2, 0) is 4.79 Å². The summed E-state index contributed by atoms with van der Waals surface area (Å²) in [5.74, 6) is 0.634. The van der Waals surface area contributed by atoms with Gasteiger partial charge in [0.2, 0.25) is 11.8 Å². The molecular formula is C25H28N6O2. The molecule has 3 heterocycles. The number of ether oxygens (including phenoxy) is 1. The minimum Gasteiger partial charge on any atom is -0.481 e. The number of rotatable bonds is 9. The monoisotopic (exact) mass is 444 g/mol. The number of aromatic nitrogens is 3. The molecule has 170 valence electrons. The van der Waals surface area contributed by atoms with Gasteiger partial charge in [-0.2, -0.15) is 0 Å². The first-order valence-electron chi connectivity index (χ1n) is 10.4. The summed E-state index contributed by atoms with van der Waals surface area (Å²) in [6, 6.07) is 5.85. The lowest BCUT2D eigenvalue weighted by Crippen LogP contribution is -2.20. The fourth-order valence-corrected chi connectivity index (χ4v) is 3.23. The topological polar surface area (TPSA) is 95.5 Å². The molecule has 0 aliphatic heterocycles. The van der Waals surface area contributed by atoms with E-state index in [0.29, 0.717) is 18.2 Å². The van der Waals surface area contributed by atoms with Crippen LogP contribution >= 0.6 is 0 Å². The second-order valence-corrected chi connectivity index (χ2v) is 7.49. The molecule has 3 aromatic heterocycles. The van der Waals surface area contributed by atoms with E-state index in [2.05, 4.69) is 32.0 Å². The van der Waals surface area contributed by atoms with Crippen molar-refractivity contribution in [1.29, 1.82) is 0 Å². The van der Waals surface area contributed by atoms with Crippen molar-refractivity contribution in [2.45, 2.75) is 6.92 Å². The van der Waals surface area contributed by atoms with E-state index >= 15 is 0 Å². The molecule has 0 bridgehead atoms. The number of allylic oxidation sites excluding steroid dienone is 3. The van der Waals surface area contributed by atoms with Crippen LogP contribution in [0.2, 0.25) is 0 Å². The highest BCUT2D eigenvalue weighted by molar-refractivity contribution is 5.96. The molecule has 0 atom stereocenters. The molecule has 0 fully saturated rings. The smallest absolute Gasteiger partial charge is 0.249 e. The number of nitrogens with one attached hydrogen (secondary N) is 2. The maximum Gasteiger partial charge on any atom is 0.249 e. The SMILES string of the molecule is C=N/C(=C\C(=C/C)c1cnc2[nH]cc(-c3ccnc(OC)c3)c2c1)NC(=O)/C=C/CN(C)C. The maximum atomic E-state index is 12.2. The molecule has 0 radical (unpaired) electrons. The number of carbonyl (C=O) groups excluding carboxylic acids is 1. The van der Waals surface area contributed by atoms with Gasteiger partial charge in [0.05, 0.1) is 7.11 Å². The Balaban J connectivity index is 1.90. The van der Waals surface area contributed by atoms with Crippen molar-refractivity contribution in [3.05, 3.63) is 72.5 Å². The summed E-state index contributed by atoms with van der Waals surface area (Å²) < 4.78 is 5.26. The lowest BCUT2D eigenvalue weighted by molar-refractivity contribution is -0.115. The summed E-state index contributed by atoms with van der Waals surface area (Å²) in [5, 5.41) is 3.71. The third-order valence-electron chi connectivity index (χ3n) is 4.88. The number of nitrogens with zero attached hydrogens (tertiary/aromatic N) is 4. The van der Waals surface area contributed by atoms with Crippen LogP contribution in [0.1, 0.15) is 12.5 Å². The van der Waals surface area contributed by atoms with Crippen LogP contribution in [0, 0.1) is 0 Å². The van der Waals surface area contributed by atoms with E-state index in [0.717, 1.165) is 33.3 Å². The van der Waals surface area contributed by atoms with Gasteiger partial charge >= 0.3 is 0 Å². The molecule has 0 aromatic carbocycles. The summed E-state index contributed by atoms with van der Waals surface area (Å²) in [4.78, 5) is 30.1. The van der Waals surface area contributed by atoms with Gasteiger partial charge in [-0.3, -0.25) is 4.79 Å². The van der Waals surface area contributed by atoms with Gasteiger partial charge in [-0.15, -0.1) is 0 Å². The highest BCUT2D eigenvalue weighted by Gasteiger charge is 2.11. The van der Waals surface area contributed by atoms with Crippen molar-refractivity contribution in [2.75, 3.05) is 27.7 Å². The van der Waals surface area contributed by atoms with Crippen LogP contribution in [0.5, 0.6) is 5.88 Å².